The van der Waals surface area contributed by atoms with Crippen LogP contribution in [0.1, 0.15) is 24.4 Å². The van der Waals surface area contributed by atoms with E-state index < -0.39 is 6.10 Å². The zero-order chi connectivity index (χ0) is 23.2. The van der Waals surface area contributed by atoms with Gasteiger partial charge in [-0.15, -0.1) is 16.8 Å². The van der Waals surface area contributed by atoms with Gasteiger partial charge in [0.1, 0.15) is 12.4 Å². The average Bonchev–Trinajstić information content (AvgIpc) is 3.23. The predicted octanol–water partition coefficient (Wildman–Crippen LogP) is 4.26. The van der Waals surface area contributed by atoms with Crippen LogP contribution in [0.5, 0.6) is 11.5 Å². The number of nitrogens with zero attached hydrogens (tertiary/aromatic N) is 4. The second-order valence-corrected chi connectivity index (χ2v) is 8.37. The minimum Gasteiger partial charge on any atom is -0.485 e. The van der Waals surface area contributed by atoms with Crippen molar-refractivity contribution in [1.82, 2.24) is 19.7 Å². The Morgan fingerprint density at radius 1 is 1.27 bits per heavy atom. The maximum atomic E-state index is 13.5. The first-order chi connectivity index (χ1) is 16.1. The first-order valence-corrected chi connectivity index (χ1v) is 11.6. The van der Waals surface area contributed by atoms with Crippen molar-refractivity contribution in [3.63, 3.8) is 0 Å². The molecule has 7 nitrogen and oxygen atoms in total. The van der Waals surface area contributed by atoms with Crippen molar-refractivity contribution in [3.8, 4) is 11.5 Å². The topological polar surface area (TPSA) is 69.5 Å². The van der Waals surface area contributed by atoms with Gasteiger partial charge >= 0.3 is 0 Å². The summed E-state index contributed by atoms with van der Waals surface area (Å²) in [6.07, 6.45) is 1.33. The molecule has 4 rings (SSSR count). The Morgan fingerprint density at radius 3 is 2.85 bits per heavy atom. The minimum atomic E-state index is -0.419. The third kappa shape index (κ3) is 5.36. The summed E-state index contributed by atoms with van der Waals surface area (Å²) in [7, 11) is 0. The fourth-order valence-electron chi connectivity index (χ4n) is 3.54. The second kappa shape index (κ2) is 10.5. The van der Waals surface area contributed by atoms with E-state index in [9.17, 15) is 9.18 Å². The zero-order valence-corrected chi connectivity index (χ0v) is 19.1. The van der Waals surface area contributed by atoms with Gasteiger partial charge in [-0.1, -0.05) is 42.1 Å². The number of carbonyl (C=O) groups is 1. The Kier molecular flexibility index (Phi) is 7.29. The molecular weight excluding hydrogens is 443 g/mol. The molecule has 0 spiro atoms. The molecule has 1 aliphatic heterocycles. The van der Waals surface area contributed by atoms with E-state index in [1.54, 1.807) is 17.0 Å². The summed E-state index contributed by atoms with van der Waals surface area (Å²) in [4.78, 5) is 14.5. The molecular formula is C24H25FN4O3S. The number of allylic oxidation sites excluding steroid dienone is 1. The van der Waals surface area contributed by atoms with E-state index in [1.807, 2.05) is 41.8 Å². The molecule has 2 heterocycles. The lowest BCUT2D eigenvalue weighted by atomic mass is 10.2. The fraction of sp³-hybridized carbons (Fsp3) is 0.292. The summed E-state index contributed by atoms with van der Waals surface area (Å²) in [6.45, 7) is 7.39. The SMILES string of the molecule is C=CCn1c(SCC(=O)N(CC)Cc2cccc(F)c2)nnc1C1COc2ccccc2O1. The van der Waals surface area contributed by atoms with Crippen LogP contribution < -0.4 is 9.47 Å². The van der Waals surface area contributed by atoms with E-state index in [0.29, 0.717) is 48.7 Å². The highest BCUT2D eigenvalue weighted by Crippen LogP contribution is 2.36. The van der Waals surface area contributed by atoms with Gasteiger partial charge in [-0.3, -0.25) is 9.36 Å². The lowest BCUT2D eigenvalue weighted by molar-refractivity contribution is -0.128. The minimum absolute atomic E-state index is 0.0624. The van der Waals surface area contributed by atoms with Gasteiger partial charge in [0, 0.05) is 19.6 Å². The number of para-hydroxylation sites is 2. The molecule has 1 amide bonds. The van der Waals surface area contributed by atoms with Crippen LogP contribution in [0.4, 0.5) is 4.39 Å². The molecule has 0 saturated heterocycles. The molecule has 9 heteroatoms. The molecule has 0 fully saturated rings. The predicted molar refractivity (Wildman–Crippen MR) is 124 cm³/mol. The molecule has 2 aromatic carbocycles. The molecule has 1 atom stereocenters. The van der Waals surface area contributed by atoms with Gasteiger partial charge in [0.05, 0.1) is 5.75 Å². The number of hydrogen-bond acceptors (Lipinski definition) is 6. The third-order valence-electron chi connectivity index (χ3n) is 5.18. The number of aromatic nitrogens is 3. The van der Waals surface area contributed by atoms with Crippen molar-refractivity contribution in [2.75, 3.05) is 18.9 Å². The molecule has 0 bridgehead atoms. The van der Waals surface area contributed by atoms with Crippen molar-refractivity contribution in [1.29, 1.82) is 0 Å². The van der Waals surface area contributed by atoms with Crippen molar-refractivity contribution < 1.29 is 18.7 Å². The van der Waals surface area contributed by atoms with Crippen molar-refractivity contribution >= 4 is 17.7 Å². The quantitative estimate of drug-likeness (QED) is 0.345. The number of benzene rings is 2. The van der Waals surface area contributed by atoms with E-state index in [-0.39, 0.29) is 17.5 Å². The second-order valence-electron chi connectivity index (χ2n) is 7.43. The van der Waals surface area contributed by atoms with Crippen LogP contribution in [0.2, 0.25) is 0 Å². The average molecular weight is 469 g/mol. The number of fused-ring (bicyclic) bond motifs is 1. The molecule has 33 heavy (non-hydrogen) atoms. The van der Waals surface area contributed by atoms with Crippen LogP contribution >= 0.6 is 11.8 Å². The summed E-state index contributed by atoms with van der Waals surface area (Å²) in [5, 5.41) is 9.21. The fourth-order valence-corrected chi connectivity index (χ4v) is 4.40. The van der Waals surface area contributed by atoms with E-state index >= 15 is 0 Å². The Morgan fingerprint density at radius 2 is 2.09 bits per heavy atom. The molecule has 1 aliphatic rings. The molecule has 1 unspecified atom stereocenters. The number of halogens is 1. The molecule has 0 aliphatic carbocycles. The highest BCUT2D eigenvalue weighted by molar-refractivity contribution is 7.99. The van der Waals surface area contributed by atoms with E-state index in [0.717, 1.165) is 5.56 Å². The summed E-state index contributed by atoms with van der Waals surface area (Å²) < 4.78 is 27.3. The van der Waals surface area contributed by atoms with Gasteiger partial charge in [0.15, 0.2) is 28.6 Å². The summed E-state index contributed by atoms with van der Waals surface area (Å²) in [5.74, 6) is 1.78. The Hall–Kier alpha value is -3.33. The highest BCUT2D eigenvalue weighted by atomic mass is 32.2. The number of ether oxygens (including phenoxy) is 2. The molecule has 0 N–H and O–H groups in total. The van der Waals surface area contributed by atoms with Gasteiger partial charge in [0.25, 0.3) is 0 Å². The maximum Gasteiger partial charge on any atom is 0.233 e. The third-order valence-corrected chi connectivity index (χ3v) is 6.13. The molecule has 0 radical (unpaired) electrons. The van der Waals surface area contributed by atoms with E-state index in [2.05, 4.69) is 16.8 Å². The van der Waals surface area contributed by atoms with Crippen LogP contribution in [-0.4, -0.2) is 44.5 Å². The Bertz CT molecular complexity index is 1140. The largest absolute Gasteiger partial charge is 0.485 e. The Labute approximate surface area is 196 Å². The van der Waals surface area contributed by atoms with Crippen molar-refractivity contribution in [2.45, 2.75) is 31.3 Å². The van der Waals surface area contributed by atoms with Gasteiger partial charge in [-0.25, -0.2) is 4.39 Å². The number of rotatable bonds is 9. The number of carbonyl (C=O) groups excluding carboxylic acids is 1. The first-order valence-electron chi connectivity index (χ1n) is 10.7. The first kappa shape index (κ1) is 22.8. The van der Waals surface area contributed by atoms with Gasteiger partial charge in [-0.2, -0.15) is 0 Å². The van der Waals surface area contributed by atoms with Gasteiger partial charge in [-0.05, 0) is 36.8 Å². The summed E-state index contributed by atoms with van der Waals surface area (Å²) >= 11 is 1.30. The molecule has 1 aromatic heterocycles. The molecule has 172 valence electrons. The van der Waals surface area contributed by atoms with Crippen molar-refractivity contribution in [2.24, 2.45) is 0 Å². The van der Waals surface area contributed by atoms with Crippen LogP contribution in [0, 0.1) is 5.82 Å². The Balaban J connectivity index is 1.44. The zero-order valence-electron chi connectivity index (χ0n) is 18.3. The van der Waals surface area contributed by atoms with Crippen LogP contribution in [0.25, 0.3) is 0 Å². The normalized spacial score (nSPS) is 14.7. The summed E-state index contributed by atoms with van der Waals surface area (Å²) in [6, 6.07) is 13.8. The monoisotopic (exact) mass is 468 g/mol. The van der Waals surface area contributed by atoms with Crippen LogP contribution in [0.15, 0.2) is 66.3 Å². The molecule has 0 saturated carbocycles. The standard InChI is InChI=1S/C24H25FN4O3S/c1-3-12-29-23(21-15-31-19-10-5-6-11-20(19)32-21)26-27-24(29)33-16-22(30)28(4-2)14-17-8-7-9-18(25)13-17/h3,5-11,13,21H,1,4,12,14-16H2,2H3. The summed E-state index contributed by atoms with van der Waals surface area (Å²) in [5.41, 5.74) is 0.752. The van der Waals surface area contributed by atoms with Gasteiger partial charge < -0.3 is 14.4 Å². The van der Waals surface area contributed by atoms with Crippen molar-refractivity contribution in [3.05, 3.63) is 78.4 Å². The van der Waals surface area contributed by atoms with Gasteiger partial charge in [0.2, 0.25) is 5.91 Å². The van der Waals surface area contributed by atoms with E-state index in [1.165, 1.54) is 23.9 Å². The maximum absolute atomic E-state index is 13.5. The van der Waals surface area contributed by atoms with Crippen LogP contribution in [-0.2, 0) is 17.9 Å². The van der Waals surface area contributed by atoms with E-state index in [4.69, 9.17) is 9.47 Å². The molecule has 3 aromatic rings. The number of hydrogen-bond donors (Lipinski definition) is 0. The highest BCUT2D eigenvalue weighted by Gasteiger charge is 2.28. The number of amides is 1. The lowest BCUT2D eigenvalue weighted by Crippen LogP contribution is -2.31. The number of thioether (sulfide) groups is 1. The van der Waals surface area contributed by atoms with Crippen LogP contribution in [0.3, 0.4) is 0 Å². The smallest absolute Gasteiger partial charge is 0.233 e. The lowest BCUT2D eigenvalue weighted by Gasteiger charge is -2.26.